The van der Waals surface area contributed by atoms with Crippen LogP contribution < -0.4 is 16.0 Å². The fourth-order valence-corrected chi connectivity index (χ4v) is 4.06. The predicted molar refractivity (Wildman–Crippen MR) is 95.5 cm³/mol. The Morgan fingerprint density at radius 2 is 1.73 bits per heavy atom. The van der Waals surface area contributed by atoms with Crippen LogP contribution in [0.2, 0.25) is 0 Å². The third-order valence-electron chi connectivity index (χ3n) is 4.65. The number of nitrogens with one attached hydrogen (secondary N) is 3. The summed E-state index contributed by atoms with van der Waals surface area (Å²) >= 11 is 0. The topological polar surface area (TPSA) is 39.3 Å². The molecule has 2 heterocycles. The first kappa shape index (κ1) is 18.2. The number of hydrogen-bond donors (Lipinski definition) is 3. The molecule has 130 valence electrons. The molecule has 2 aliphatic rings. The first-order valence-electron chi connectivity index (χ1n) is 9.22. The quantitative estimate of drug-likeness (QED) is 0.726. The van der Waals surface area contributed by atoms with Crippen molar-refractivity contribution >= 4 is 0 Å². The van der Waals surface area contributed by atoms with Gasteiger partial charge in [-0.15, -0.1) is 0 Å². The number of piperidine rings is 2. The van der Waals surface area contributed by atoms with Gasteiger partial charge in [-0.2, -0.15) is 0 Å². The van der Waals surface area contributed by atoms with Crippen molar-refractivity contribution in [1.29, 1.82) is 0 Å². The van der Waals surface area contributed by atoms with Crippen LogP contribution in [0.5, 0.6) is 0 Å². The molecule has 2 atom stereocenters. The monoisotopic (exact) mass is 310 g/mol. The lowest BCUT2D eigenvalue weighted by atomic mass is 9.96. The highest BCUT2D eigenvalue weighted by Crippen LogP contribution is 2.17. The van der Waals surface area contributed by atoms with E-state index in [0.717, 1.165) is 13.1 Å². The molecule has 0 aliphatic carbocycles. The number of hydrogen-bond acceptors (Lipinski definition) is 4. The molecule has 0 aromatic heterocycles. The first-order valence-corrected chi connectivity index (χ1v) is 9.22. The third kappa shape index (κ3) is 6.53. The highest BCUT2D eigenvalue weighted by atomic mass is 15.2. The second-order valence-corrected chi connectivity index (χ2v) is 9.04. The van der Waals surface area contributed by atoms with Crippen LogP contribution in [0.15, 0.2) is 0 Å². The molecule has 2 aliphatic heterocycles. The Bertz CT molecular complexity index is 328. The largest absolute Gasteiger partial charge is 0.315 e. The van der Waals surface area contributed by atoms with Gasteiger partial charge in [0.2, 0.25) is 0 Å². The van der Waals surface area contributed by atoms with E-state index in [9.17, 15) is 0 Å². The van der Waals surface area contributed by atoms with Crippen LogP contribution in [0.1, 0.15) is 60.3 Å². The second-order valence-electron chi connectivity index (χ2n) is 9.04. The second kappa shape index (κ2) is 7.61. The maximum atomic E-state index is 3.88. The van der Waals surface area contributed by atoms with Crippen molar-refractivity contribution in [2.45, 2.75) is 83.5 Å². The summed E-state index contributed by atoms with van der Waals surface area (Å²) in [5.74, 6) is 0. The van der Waals surface area contributed by atoms with Gasteiger partial charge in [0, 0.05) is 42.8 Å². The smallest absolute Gasteiger partial charge is 0.0255 e. The number of likely N-dealkylation sites (tertiary alicyclic amines) is 1. The van der Waals surface area contributed by atoms with Crippen LogP contribution in [-0.4, -0.2) is 60.8 Å². The summed E-state index contributed by atoms with van der Waals surface area (Å²) in [4.78, 5) is 2.65. The summed E-state index contributed by atoms with van der Waals surface area (Å²) in [5, 5.41) is 11.2. The molecule has 4 nitrogen and oxygen atoms in total. The summed E-state index contributed by atoms with van der Waals surface area (Å²) in [6.07, 6.45) is 5.24. The minimum atomic E-state index is 0.188. The Labute approximate surface area is 137 Å². The van der Waals surface area contributed by atoms with Gasteiger partial charge in [-0.3, -0.25) is 4.90 Å². The molecule has 2 rings (SSSR count). The van der Waals surface area contributed by atoms with Gasteiger partial charge in [-0.25, -0.2) is 0 Å². The Hall–Kier alpha value is -0.160. The van der Waals surface area contributed by atoms with E-state index in [2.05, 4.69) is 55.5 Å². The summed E-state index contributed by atoms with van der Waals surface area (Å²) in [6, 6.07) is 1.28. The summed E-state index contributed by atoms with van der Waals surface area (Å²) in [5.41, 5.74) is 0.405. The van der Waals surface area contributed by atoms with Crippen molar-refractivity contribution in [3.63, 3.8) is 0 Å². The van der Waals surface area contributed by atoms with Gasteiger partial charge < -0.3 is 16.0 Å². The Morgan fingerprint density at radius 3 is 2.36 bits per heavy atom. The minimum absolute atomic E-state index is 0.188. The van der Waals surface area contributed by atoms with Crippen LogP contribution in [-0.2, 0) is 0 Å². The van der Waals surface area contributed by atoms with E-state index < -0.39 is 0 Å². The van der Waals surface area contributed by atoms with Gasteiger partial charge >= 0.3 is 0 Å². The highest BCUT2D eigenvalue weighted by Gasteiger charge is 2.29. The summed E-state index contributed by atoms with van der Waals surface area (Å²) < 4.78 is 0. The third-order valence-corrected chi connectivity index (χ3v) is 4.65. The zero-order chi connectivity index (χ0) is 16.2. The van der Waals surface area contributed by atoms with E-state index in [-0.39, 0.29) is 11.1 Å². The van der Waals surface area contributed by atoms with E-state index in [1.165, 1.54) is 45.3 Å². The predicted octanol–water partition coefficient (Wildman–Crippen LogP) is 1.96. The zero-order valence-corrected chi connectivity index (χ0v) is 15.5. The highest BCUT2D eigenvalue weighted by molar-refractivity contribution is 4.91. The Kier molecular flexibility index (Phi) is 6.29. The fourth-order valence-electron chi connectivity index (χ4n) is 4.06. The van der Waals surface area contributed by atoms with E-state index in [0.29, 0.717) is 12.1 Å². The summed E-state index contributed by atoms with van der Waals surface area (Å²) in [7, 11) is 0. The molecular formula is C18H38N4. The first-order chi connectivity index (χ1) is 10.2. The molecule has 0 amide bonds. The zero-order valence-electron chi connectivity index (χ0n) is 15.5. The molecule has 2 saturated heterocycles. The van der Waals surface area contributed by atoms with Gasteiger partial charge in [0.1, 0.15) is 0 Å². The van der Waals surface area contributed by atoms with Crippen molar-refractivity contribution in [1.82, 2.24) is 20.9 Å². The van der Waals surface area contributed by atoms with Crippen LogP contribution in [0, 0.1) is 0 Å². The maximum Gasteiger partial charge on any atom is 0.0255 e. The minimum Gasteiger partial charge on any atom is -0.315 e. The Morgan fingerprint density at radius 1 is 1.00 bits per heavy atom. The van der Waals surface area contributed by atoms with Gasteiger partial charge in [0.05, 0.1) is 0 Å². The summed E-state index contributed by atoms with van der Waals surface area (Å²) in [6.45, 7) is 17.4. The lowest BCUT2D eigenvalue weighted by molar-refractivity contribution is 0.129. The van der Waals surface area contributed by atoms with E-state index in [4.69, 9.17) is 0 Å². The number of nitrogens with zero attached hydrogens (tertiary/aromatic N) is 1. The lowest BCUT2D eigenvalue weighted by Gasteiger charge is -2.42. The molecule has 3 N–H and O–H groups in total. The average Bonchev–Trinajstić information content (AvgIpc) is 2.36. The molecule has 2 fully saturated rings. The maximum absolute atomic E-state index is 3.88. The lowest BCUT2D eigenvalue weighted by Crippen LogP contribution is -2.59. The molecule has 0 aromatic carbocycles. The van der Waals surface area contributed by atoms with Crippen LogP contribution in [0.25, 0.3) is 0 Å². The van der Waals surface area contributed by atoms with Crippen molar-refractivity contribution in [3.8, 4) is 0 Å². The molecule has 0 unspecified atom stereocenters. The molecule has 0 saturated carbocycles. The Balaban J connectivity index is 1.80. The SMILES string of the molecule is CC(C)(C)N[C@@H]1CCCN(CC(C)(C)N[C@H]2CCCNC2)C1. The van der Waals surface area contributed by atoms with Crippen LogP contribution in [0.4, 0.5) is 0 Å². The normalized spacial score (nSPS) is 28.8. The van der Waals surface area contributed by atoms with Gasteiger partial charge in [0.25, 0.3) is 0 Å². The molecule has 0 aromatic rings. The van der Waals surface area contributed by atoms with Gasteiger partial charge in [-0.05, 0) is 73.4 Å². The average molecular weight is 311 g/mol. The molecule has 0 bridgehead atoms. The van der Waals surface area contributed by atoms with E-state index >= 15 is 0 Å². The molecule has 22 heavy (non-hydrogen) atoms. The molecule has 0 radical (unpaired) electrons. The van der Waals surface area contributed by atoms with E-state index in [1.807, 2.05) is 0 Å². The van der Waals surface area contributed by atoms with E-state index in [1.54, 1.807) is 0 Å². The van der Waals surface area contributed by atoms with Crippen LogP contribution in [0.3, 0.4) is 0 Å². The molecule has 4 heteroatoms. The van der Waals surface area contributed by atoms with Crippen molar-refractivity contribution in [3.05, 3.63) is 0 Å². The van der Waals surface area contributed by atoms with Crippen LogP contribution >= 0.6 is 0 Å². The van der Waals surface area contributed by atoms with Gasteiger partial charge in [-0.1, -0.05) is 0 Å². The van der Waals surface area contributed by atoms with Gasteiger partial charge in [0.15, 0.2) is 0 Å². The van der Waals surface area contributed by atoms with Crippen molar-refractivity contribution in [2.24, 2.45) is 0 Å². The molecule has 0 spiro atoms. The standard InChI is InChI=1S/C18H38N4/c1-17(2,3)20-16-9-7-11-22(13-16)14-18(4,5)21-15-8-6-10-19-12-15/h15-16,19-21H,6-14H2,1-5H3/t15-,16+/m0/s1. The fraction of sp³-hybridized carbons (Fsp3) is 1.00. The number of rotatable bonds is 5. The van der Waals surface area contributed by atoms with Crippen molar-refractivity contribution in [2.75, 3.05) is 32.7 Å². The van der Waals surface area contributed by atoms with Crippen molar-refractivity contribution < 1.29 is 0 Å². The molecular weight excluding hydrogens is 272 g/mol.